The zero-order valence-electron chi connectivity index (χ0n) is 13.2. The Morgan fingerprint density at radius 3 is 2.79 bits per heavy atom. The van der Waals surface area contributed by atoms with E-state index in [1.807, 2.05) is 6.92 Å². The van der Waals surface area contributed by atoms with Crippen LogP contribution in [-0.2, 0) is 0 Å². The van der Waals surface area contributed by atoms with Crippen LogP contribution < -0.4 is 10.3 Å². The molecule has 0 saturated carbocycles. The number of nitriles is 1. The van der Waals surface area contributed by atoms with Crippen LogP contribution in [0, 0.1) is 23.0 Å². The minimum Gasteiger partial charge on any atom is -0.490 e. The van der Waals surface area contributed by atoms with Gasteiger partial charge in [0.1, 0.15) is 23.1 Å². The van der Waals surface area contributed by atoms with Crippen LogP contribution in [-0.4, -0.2) is 22.8 Å². The zero-order chi connectivity index (χ0) is 17.7. The molecule has 24 heavy (non-hydrogen) atoms. The molecule has 8 heteroatoms. The molecule has 0 aliphatic rings. The van der Waals surface area contributed by atoms with E-state index in [9.17, 15) is 13.6 Å². The Labute approximate surface area is 141 Å². The highest BCUT2D eigenvalue weighted by molar-refractivity contribution is 7.98. The lowest BCUT2D eigenvalue weighted by molar-refractivity contribution is 0.294. The predicted molar refractivity (Wildman–Crippen MR) is 87.1 cm³/mol. The molecule has 2 aromatic rings. The molecule has 0 spiro atoms. The Hall–Kier alpha value is -2.40. The number of aromatic amines is 1. The van der Waals surface area contributed by atoms with Crippen LogP contribution in [0.4, 0.5) is 8.78 Å². The topological polar surface area (TPSA) is 78.8 Å². The molecular weight excluding hydrogens is 336 g/mol. The molecule has 126 valence electrons. The van der Waals surface area contributed by atoms with Crippen molar-refractivity contribution in [2.24, 2.45) is 0 Å². The first-order valence-electron chi connectivity index (χ1n) is 7.23. The number of nitrogens with zero attached hydrogens (tertiary/aromatic N) is 2. The molecule has 0 aliphatic carbocycles. The number of hydrogen-bond donors (Lipinski definition) is 1. The monoisotopic (exact) mass is 351 g/mol. The van der Waals surface area contributed by atoms with Gasteiger partial charge in [-0.1, -0.05) is 25.1 Å². The quantitative estimate of drug-likeness (QED) is 0.490. The molecular formula is C16H15F2N3O2S. The van der Waals surface area contributed by atoms with E-state index in [2.05, 4.69) is 9.97 Å². The number of aromatic nitrogens is 2. The molecule has 5 nitrogen and oxygen atoms in total. The van der Waals surface area contributed by atoms with Gasteiger partial charge in [-0.05, 0) is 24.8 Å². The van der Waals surface area contributed by atoms with Gasteiger partial charge in [0.15, 0.2) is 16.7 Å². The van der Waals surface area contributed by atoms with Crippen molar-refractivity contribution in [3.63, 3.8) is 0 Å². The summed E-state index contributed by atoms with van der Waals surface area (Å²) in [6, 6.07) is 3.86. The van der Waals surface area contributed by atoms with Crippen molar-refractivity contribution in [3.8, 4) is 23.1 Å². The van der Waals surface area contributed by atoms with E-state index < -0.39 is 28.3 Å². The van der Waals surface area contributed by atoms with Gasteiger partial charge in [-0.15, -0.1) is 0 Å². The van der Waals surface area contributed by atoms with Crippen molar-refractivity contribution in [2.45, 2.75) is 24.9 Å². The number of hydrogen-bond acceptors (Lipinski definition) is 5. The van der Waals surface area contributed by atoms with Crippen molar-refractivity contribution < 1.29 is 13.5 Å². The molecule has 0 amide bonds. The molecule has 1 aromatic heterocycles. The van der Waals surface area contributed by atoms with Gasteiger partial charge in [-0.25, -0.2) is 13.8 Å². The molecule has 0 bridgehead atoms. The molecule has 1 N–H and O–H groups in total. The summed E-state index contributed by atoms with van der Waals surface area (Å²) in [6.45, 7) is 2.24. The van der Waals surface area contributed by atoms with Gasteiger partial charge >= 0.3 is 0 Å². The van der Waals surface area contributed by atoms with Crippen LogP contribution in [0.3, 0.4) is 0 Å². The number of nitrogens with one attached hydrogen (secondary N) is 1. The Balaban J connectivity index is 2.64. The van der Waals surface area contributed by atoms with E-state index in [0.717, 1.165) is 30.7 Å². The molecule has 1 heterocycles. The van der Waals surface area contributed by atoms with Gasteiger partial charge in [0, 0.05) is 0 Å². The number of halogens is 2. The van der Waals surface area contributed by atoms with Crippen LogP contribution in [0.2, 0.25) is 0 Å². The lowest BCUT2D eigenvalue weighted by atomic mass is 10.1. The average molecular weight is 351 g/mol. The van der Waals surface area contributed by atoms with E-state index in [1.165, 1.54) is 6.07 Å². The number of unbranched alkanes of at least 4 members (excludes halogenated alkanes) is 1. The van der Waals surface area contributed by atoms with E-state index in [0.29, 0.717) is 0 Å². The Morgan fingerprint density at radius 1 is 1.42 bits per heavy atom. The SMILES string of the molecule is CCCCOc1ccc(F)c(-c2nc(SC)[nH]c(=O)c2C#N)c1F. The number of thioether (sulfide) groups is 1. The van der Waals surface area contributed by atoms with Crippen LogP contribution in [0.5, 0.6) is 5.75 Å². The first-order chi connectivity index (χ1) is 11.5. The standard InChI is InChI=1S/C16H15F2N3O2S/c1-3-4-7-23-11-6-5-10(17)12(13(11)18)14-9(8-19)15(22)21-16(20-14)24-2/h5-6H,3-4,7H2,1-2H3,(H,20,21,22). The van der Waals surface area contributed by atoms with Crippen LogP contribution >= 0.6 is 11.8 Å². The summed E-state index contributed by atoms with van der Waals surface area (Å²) in [4.78, 5) is 18.3. The molecule has 0 aliphatic heterocycles. The Morgan fingerprint density at radius 2 is 2.17 bits per heavy atom. The second kappa shape index (κ2) is 7.93. The summed E-state index contributed by atoms with van der Waals surface area (Å²) in [6.07, 6.45) is 3.22. The van der Waals surface area contributed by atoms with Gasteiger partial charge in [0.25, 0.3) is 5.56 Å². The van der Waals surface area contributed by atoms with E-state index >= 15 is 0 Å². The molecule has 2 rings (SSSR count). The number of rotatable bonds is 6. The summed E-state index contributed by atoms with van der Waals surface area (Å²) < 4.78 is 34.2. The number of benzene rings is 1. The third kappa shape index (κ3) is 3.57. The van der Waals surface area contributed by atoms with Crippen molar-refractivity contribution in [1.29, 1.82) is 5.26 Å². The predicted octanol–water partition coefficient (Wildman–Crippen LogP) is 3.49. The van der Waals surface area contributed by atoms with Crippen molar-refractivity contribution >= 4 is 11.8 Å². The highest BCUT2D eigenvalue weighted by Gasteiger charge is 2.23. The molecule has 0 saturated heterocycles. The van der Waals surface area contributed by atoms with Gasteiger partial charge in [-0.2, -0.15) is 5.26 Å². The molecule has 0 unspecified atom stereocenters. The van der Waals surface area contributed by atoms with Crippen molar-refractivity contribution in [1.82, 2.24) is 9.97 Å². The normalized spacial score (nSPS) is 10.5. The smallest absolute Gasteiger partial charge is 0.270 e. The minimum absolute atomic E-state index is 0.142. The van der Waals surface area contributed by atoms with Gasteiger partial charge < -0.3 is 9.72 Å². The highest BCUT2D eigenvalue weighted by Crippen LogP contribution is 2.32. The van der Waals surface area contributed by atoms with E-state index in [-0.39, 0.29) is 23.2 Å². The van der Waals surface area contributed by atoms with Gasteiger partial charge in [0.2, 0.25) is 0 Å². The van der Waals surface area contributed by atoms with Gasteiger partial charge in [0.05, 0.1) is 12.2 Å². The first kappa shape index (κ1) is 17.9. The zero-order valence-corrected chi connectivity index (χ0v) is 14.0. The third-order valence-electron chi connectivity index (χ3n) is 3.25. The van der Waals surface area contributed by atoms with Crippen molar-refractivity contribution in [2.75, 3.05) is 12.9 Å². The molecule has 0 atom stereocenters. The van der Waals surface area contributed by atoms with Crippen molar-refractivity contribution in [3.05, 3.63) is 39.7 Å². The third-order valence-corrected chi connectivity index (χ3v) is 3.83. The largest absolute Gasteiger partial charge is 0.490 e. The Bertz CT molecular complexity index is 846. The summed E-state index contributed by atoms with van der Waals surface area (Å²) in [5.74, 6) is -2.04. The number of ether oxygens (including phenoxy) is 1. The fourth-order valence-electron chi connectivity index (χ4n) is 2.02. The Kier molecular flexibility index (Phi) is 5.93. The van der Waals surface area contributed by atoms with Crippen LogP contribution in [0.25, 0.3) is 11.3 Å². The molecule has 0 radical (unpaired) electrons. The van der Waals surface area contributed by atoms with E-state index in [1.54, 1.807) is 12.3 Å². The first-order valence-corrected chi connectivity index (χ1v) is 8.45. The molecule has 0 fully saturated rings. The van der Waals surface area contributed by atoms with Crippen LogP contribution in [0.1, 0.15) is 25.3 Å². The summed E-state index contributed by atoms with van der Waals surface area (Å²) >= 11 is 1.09. The maximum absolute atomic E-state index is 14.7. The fraction of sp³-hybridized carbons (Fsp3) is 0.312. The summed E-state index contributed by atoms with van der Waals surface area (Å²) in [5, 5.41) is 9.31. The second-order valence-corrected chi connectivity index (χ2v) is 5.64. The minimum atomic E-state index is -0.979. The fourth-order valence-corrected chi connectivity index (χ4v) is 2.40. The second-order valence-electron chi connectivity index (χ2n) is 4.85. The average Bonchev–Trinajstić information content (AvgIpc) is 2.56. The lowest BCUT2D eigenvalue weighted by Gasteiger charge is -2.12. The maximum atomic E-state index is 14.7. The summed E-state index contributed by atoms with van der Waals surface area (Å²) in [5.41, 5.74) is -2.07. The number of H-pyrrole nitrogens is 1. The molecule has 1 aromatic carbocycles. The lowest BCUT2D eigenvalue weighted by Crippen LogP contribution is -2.15. The maximum Gasteiger partial charge on any atom is 0.270 e. The summed E-state index contributed by atoms with van der Waals surface area (Å²) in [7, 11) is 0. The van der Waals surface area contributed by atoms with Crippen LogP contribution in [0.15, 0.2) is 22.1 Å². The van der Waals surface area contributed by atoms with Gasteiger partial charge in [-0.3, -0.25) is 4.79 Å². The highest BCUT2D eigenvalue weighted by atomic mass is 32.2. The van der Waals surface area contributed by atoms with E-state index in [4.69, 9.17) is 10.00 Å².